The summed E-state index contributed by atoms with van der Waals surface area (Å²) < 4.78 is 66.3. The van der Waals surface area contributed by atoms with E-state index in [0.29, 0.717) is 18.7 Å². The molecule has 3 rings (SSSR count). The zero-order chi connectivity index (χ0) is 19.8. The highest BCUT2D eigenvalue weighted by atomic mass is 35.5. The molecule has 146 valence electrons. The van der Waals surface area contributed by atoms with E-state index in [0.717, 1.165) is 29.3 Å². The second kappa shape index (κ2) is 7.38. The number of sulfonamides is 2. The lowest BCUT2D eigenvalue weighted by molar-refractivity contribution is 0.392. The van der Waals surface area contributed by atoms with Crippen LogP contribution in [0.4, 0.5) is 10.1 Å². The van der Waals surface area contributed by atoms with Crippen molar-refractivity contribution in [1.82, 2.24) is 4.31 Å². The van der Waals surface area contributed by atoms with E-state index in [4.69, 9.17) is 11.6 Å². The summed E-state index contributed by atoms with van der Waals surface area (Å²) in [6.45, 7) is 2.19. The number of hydrogen-bond donors (Lipinski definition) is 1. The molecule has 0 radical (unpaired) electrons. The van der Waals surface area contributed by atoms with Gasteiger partial charge >= 0.3 is 0 Å². The third kappa shape index (κ3) is 4.26. The maximum absolute atomic E-state index is 13.3. The number of benzene rings is 2. The van der Waals surface area contributed by atoms with E-state index in [1.54, 1.807) is 25.1 Å². The number of nitrogens with zero attached hydrogens (tertiary/aromatic N) is 1. The number of fused-ring (bicyclic) bond motifs is 1. The first-order valence-electron chi connectivity index (χ1n) is 8.20. The maximum atomic E-state index is 13.3. The minimum atomic E-state index is -3.96. The summed E-state index contributed by atoms with van der Waals surface area (Å²) in [5, 5.41) is -0.288. The molecular weight excluding hydrogens is 415 g/mol. The van der Waals surface area contributed by atoms with Crippen molar-refractivity contribution in [2.24, 2.45) is 0 Å². The predicted octanol–water partition coefficient (Wildman–Crippen LogP) is 2.99. The molecule has 2 aromatic carbocycles. The second-order valence-electron chi connectivity index (χ2n) is 6.15. The number of rotatable bonds is 5. The minimum Gasteiger partial charge on any atom is -0.280 e. The first kappa shape index (κ1) is 20.1. The van der Waals surface area contributed by atoms with Crippen LogP contribution in [0.25, 0.3) is 0 Å². The Kier molecular flexibility index (Phi) is 5.49. The van der Waals surface area contributed by atoms with Gasteiger partial charge in [-0.3, -0.25) is 4.72 Å². The molecule has 0 aromatic heterocycles. The van der Waals surface area contributed by atoms with Crippen molar-refractivity contribution in [3.8, 4) is 0 Å². The standard InChI is InChI=1S/C17H18ClFN2O4S2/c1-2-26(22,23)21-8-7-12-3-4-14(9-13(12)11-21)20-27(24,25)15-5-6-17(19)16(18)10-15/h3-6,9-10,20H,2,7-8,11H2,1H3. The van der Waals surface area contributed by atoms with Crippen LogP contribution >= 0.6 is 11.6 Å². The summed E-state index contributed by atoms with van der Waals surface area (Å²) in [5.74, 6) is -0.693. The summed E-state index contributed by atoms with van der Waals surface area (Å²) in [6, 6.07) is 8.16. The van der Waals surface area contributed by atoms with Gasteiger partial charge in [0, 0.05) is 18.8 Å². The predicted molar refractivity (Wildman–Crippen MR) is 102 cm³/mol. The molecule has 0 saturated carbocycles. The Hall–Kier alpha value is -1.68. The van der Waals surface area contributed by atoms with E-state index in [2.05, 4.69) is 4.72 Å². The Morgan fingerprint density at radius 1 is 1.11 bits per heavy atom. The number of halogens is 2. The molecule has 0 aliphatic carbocycles. The average molecular weight is 433 g/mol. The molecule has 2 aromatic rings. The first-order valence-corrected chi connectivity index (χ1v) is 11.7. The summed E-state index contributed by atoms with van der Waals surface area (Å²) in [5.41, 5.74) is 2.02. The second-order valence-corrected chi connectivity index (χ2v) is 10.5. The van der Waals surface area contributed by atoms with Gasteiger partial charge in [-0.05, 0) is 54.8 Å². The molecule has 0 spiro atoms. The maximum Gasteiger partial charge on any atom is 0.261 e. The van der Waals surface area contributed by atoms with E-state index in [1.165, 1.54) is 4.31 Å². The van der Waals surface area contributed by atoms with E-state index >= 15 is 0 Å². The third-order valence-corrected chi connectivity index (χ3v) is 7.89. The zero-order valence-electron chi connectivity index (χ0n) is 14.4. The fourth-order valence-electron chi connectivity index (χ4n) is 2.87. The third-order valence-electron chi connectivity index (χ3n) is 4.40. The SMILES string of the molecule is CCS(=O)(=O)N1CCc2ccc(NS(=O)(=O)c3ccc(F)c(Cl)c3)cc2C1. The van der Waals surface area contributed by atoms with E-state index in [1.807, 2.05) is 0 Å². The zero-order valence-corrected chi connectivity index (χ0v) is 16.8. The van der Waals surface area contributed by atoms with Gasteiger partial charge in [-0.2, -0.15) is 4.31 Å². The molecule has 0 fully saturated rings. The van der Waals surface area contributed by atoms with Crippen LogP contribution in [0.3, 0.4) is 0 Å². The Balaban J connectivity index is 1.87. The Morgan fingerprint density at radius 2 is 1.85 bits per heavy atom. The molecular formula is C17H18ClFN2O4S2. The molecule has 6 nitrogen and oxygen atoms in total. The van der Waals surface area contributed by atoms with Gasteiger partial charge in [-0.1, -0.05) is 17.7 Å². The van der Waals surface area contributed by atoms with E-state index < -0.39 is 25.9 Å². The van der Waals surface area contributed by atoms with Crippen molar-refractivity contribution in [2.75, 3.05) is 17.0 Å². The molecule has 1 heterocycles. The summed E-state index contributed by atoms with van der Waals surface area (Å²) >= 11 is 5.66. The highest BCUT2D eigenvalue weighted by molar-refractivity contribution is 7.92. The monoisotopic (exact) mass is 432 g/mol. The van der Waals surface area contributed by atoms with Gasteiger partial charge in [0.15, 0.2) is 0 Å². The average Bonchev–Trinajstić information content (AvgIpc) is 2.63. The van der Waals surface area contributed by atoms with Gasteiger partial charge in [0.25, 0.3) is 10.0 Å². The van der Waals surface area contributed by atoms with Crippen LogP contribution in [0, 0.1) is 5.82 Å². The van der Waals surface area contributed by atoms with Crippen molar-refractivity contribution in [3.63, 3.8) is 0 Å². The molecule has 1 aliphatic rings. The number of hydrogen-bond acceptors (Lipinski definition) is 4. The molecule has 0 unspecified atom stereocenters. The Bertz CT molecular complexity index is 1090. The molecule has 0 bridgehead atoms. The Labute approximate surface area is 163 Å². The molecule has 10 heteroatoms. The van der Waals surface area contributed by atoms with Crippen molar-refractivity contribution >= 4 is 37.3 Å². The van der Waals surface area contributed by atoms with Crippen LogP contribution in [0.2, 0.25) is 5.02 Å². The van der Waals surface area contributed by atoms with Crippen molar-refractivity contribution < 1.29 is 21.2 Å². The quantitative estimate of drug-likeness (QED) is 0.787. The van der Waals surface area contributed by atoms with Crippen LogP contribution < -0.4 is 4.72 Å². The fraction of sp³-hybridized carbons (Fsp3) is 0.294. The van der Waals surface area contributed by atoms with Gasteiger partial charge in [-0.25, -0.2) is 21.2 Å². The fourth-order valence-corrected chi connectivity index (χ4v) is 5.26. The lowest BCUT2D eigenvalue weighted by atomic mass is 10.0. The molecule has 1 aliphatic heterocycles. The van der Waals surface area contributed by atoms with E-state index in [9.17, 15) is 21.2 Å². The van der Waals surface area contributed by atoms with Gasteiger partial charge in [0.2, 0.25) is 10.0 Å². The topological polar surface area (TPSA) is 83.6 Å². The van der Waals surface area contributed by atoms with Crippen LogP contribution in [-0.2, 0) is 33.0 Å². The Morgan fingerprint density at radius 3 is 2.52 bits per heavy atom. The lowest BCUT2D eigenvalue weighted by Gasteiger charge is -2.28. The summed E-state index contributed by atoms with van der Waals surface area (Å²) in [6.07, 6.45) is 0.565. The molecule has 27 heavy (non-hydrogen) atoms. The first-order chi connectivity index (χ1) is 12.6. The van der Waals surface area contributed by atoms with Crippen LogP contribution in [-0.4, -0.2) is 33.4 Å². The molecule has 0 amide bonds. The highest BCUT2D eigenvalue weighted by Crippen LogP contribution is 2.27. The van der Waals surface area contributed by atoms with Gasteiger partial charge in [0.05, 0.1) is 15.7 Å². The van der Waals surface area contributed by atoms with Gasteiger partial charge < -0.3 is 0 Å². The van der Waals surface area contributed by atoms with Crippen molar-refractivity contribution in [3.05, 3.63) is 58.4 Å². The van der Waals surface area contributed by atoms with Crippen LogP contribution in [0.1, 0.15) is 18.1 Å². The number of anilines is 1. The summed E-state index contributed by atoms with van der Waals surface area (Å²) in [4.78, 5) is -0.165. The largest absolute Gasteiger partial charge is 0.280 e. The normalized spacial score (nSPS) is 15.4. The van der Waals surface area contributed by atoms with Crippen LogP contribution in [0.5, 0.6) is 0 Å². The van der Waals surface area contributed by atoms with Crippen molar-refractivity contribution in [2.45, 2.75) is 24.8 Å². The van der Waals surface area contributed by atoms with Crippen molar-refractivity contribution in [1.29, 1.82) is 0 Å². The highest BCUT2D eigenvalue weighted by Gasteiger charge is 2.26. The van der Waals surface area contributed by atoms with Crippen LogP contribution in [0.15, 0.2) is 41.3 Å². The van der Waals surface area contributed by atoms with Gasteiger partial charge in [0.1, 0.15) is 5.82 Å². The van der Waals surface area contributed by atoms with E-state index in [-0.39, 0.29) is 22.2 Å². The smallest absolute Gasteiger partial charge is 0.261 e. The molecule has 0 atom stereocenters. The lowest BCUT2D eigenvalue weighted by Crippen LogP contribution is -2.36. The molecule has 0 saturated heterocycles. The number of nitrogens with one attached hydrogen (secondary N) is 1. The molecule has 1 N–H and O–H groups in total. The summed E-state index contributed by atoms with van der Waals surface area (Å²) in [7, 11) is -7.28. The van der Waals surface area contributed by atoms with Gasteiger partial charge in [-0.15, -0.1) is 0 Å². The minimum absolute atomic E-state index is 0.0139.